The van der Waals surface area contributed by atoms with Gasteiger partial charge in [-0.05, 0) is 31.4 Å². The number of hydrogen-bond donors (Lipinski definition) is 0. The Hall–Kier alpha value is -1.13. The SMILES string of the molecule is O=C1CCCN1C1CCN(Cc2c(F)cccc2Cl)CC1. The van der Waals surface area contributed by atoms with Gasteiger partial charge >= 0.3 is 0 Å². The van der Waals surface area contributed by atoms with E-state index in [2.05, 4.69) is 4.90 Å². The second-order valence-corrected chi connectivity index (χ2v) is 6.31. The first-order valence-electron chi connectivity index (χ1n) is 7.60. The van der Waals surface area contributed by atoms with Crippen LogP contribution in [0.25, 0.3) is 0 Å². The van der Waals surface area contributed by atoms with E-state index in [0.717, 1.165) is 38.9 Å². The third kappa shape index (κ3) is 3.22. The van der Waals surface area contributed by atoms with Crippen LogP contribution in [0.1, 0.15) is 31.2 Å². The molecule has 0 aliphatic carbocycles. The normalized spacial score (nSPS) is 21.2. The van der Waals surface area contributed by atoms with Gasteiger partial charge in [0.15, 0.2) is 0 Å². The number of likely N-dealkylation sites (tertiary alicyclic amines) is 2. The zero-order valence-corrected chi connectivity index (χ0v) is 12.8. The smallest absolute Gasteiger partial charge is 0.222 e. The molecule has 0 unspecified atom stereocenters. The Bertz CT molecular complexity index is 509. The van der Waals surface area contributed by atoms with Crippen molar-refractivity contribution in [2.75, 3.05) is 19.6 Å². The second kappa shape index (κ2) is 6.32. The maximum atomic E-state index is 13.8. The minimum atomic E-state index is -0.237. The summed E-state index contributed by atoms with van der Waals surface area (Å²) in [6, 6.07) is 5.19. The average Bonchev–Trinajstić information content (AvgIpc) is 2.90. The lowest BCUT2D eigenvalue weighted by Crippen LogP contribution is -2.45. The van der Waals surface area contributed by atoms with Crippen molar-refractivity contribution >= 4 is 17.5 Å². The summed E-state index contributed by atoms with van der Waals surface area (Å²) >= 11 is 6.08. The van der Waals surface area contributed by atoms with E-state index < -0.39 is 0 Å². The minimum Gasteiger partial charge on any atom is -0.340 e. The van der Waals surface area contributed by atoms with Gasteiger partial charge in [0.1, 0.15) is 5.82 Å². The predicted molar refractivity (Wildman–Crippen MR) is 80.7 cm³/mol. The number of nitrogens with zero attached hydrogens (tertiary/aromatic N) is 2. The Morgan fingerprint density at radius 3 is 2.62 bits per heavy atom. The molecule has 2 heterocycles. The van der Waals surface area contributed by atoms with E-state index in [9.17, 15) is 9.18 Å². The van der Waals surface area contributed by atoms with E-state index in [1.165, 1.54) is 6.07 Å². The molecule has 3 nitrogen and oxygen atoms in total. The Kier molecular flexibility index (Phi) is 4.45. The van der Waals surface area contributed by atoms with Crippen molar-refractivity contribution in [3.8, 4) is 0 Å². The summed E-state index contributed by atoms with van der Waals surface area (Å²) in [6.07, 6.45) is 3.63. The average molecular weight is 311 g/mol. The number of hydrogen-bond acceptors (Lipinski definition) is 2. The lowest BCUT2D eigenvalue weighted by molar-refractivity contribution is -0.130. The summed E-state index contributed by atoms with van der Waals surface area (Å²) in [5.74, 6) is 0.0601. The predicted octanol–water partition coefficient (Wildman–Crippen LogP) is 3.07. The molecule has 1 aromatic rings. The summed E-state index contributed by atoms with van der Waals surface area (Å²) in [6.45, 7) is 3.23. The first-order valence-corrected chi connectivity index (χ1v) is 7.97. The number of carbonyl (C=O) groups excluding carboxylic acids is 1. The molecule has 2 aliphatic heterocycles. The van der Waals surface area contributed by atoms with Crippen molar-refractivity contribution in [3.63, 3.8) is 0 Å². The molecule has 0 bridgehead atoms. The van der Waals surface area contributed by atoms with Crippen LogP contribution in [-0.2, 0) is 11.3 Å². The largest absolute Gasteiger partial charge is 0.340 e. The highest BCUT2D eigenvalue weighted by molar-refractivity contribution is 6.31. The monoisotopic (exact) mass is 310 g/mol. The van der Waals surface area contributed by atoms with Crippen LogP contribution >= 0.6 is 11.6 Å². The Balaban J connectivity index is 1.57. The molecule has 0 N–H and O–H groups in total. The van der Waals surface area contributed by atoms with Crippen molar-refractivity contribution < 1.29 is 9.18 Å². The third-order valence-electron chi connectivity index (χ3n) is 4.55. The fourth-order valence-electron chi connectivity index (χ4n) is 3.35. The topological polar surface area (TPSA) is 23.6 Å². The van der Waals surface area contributed by atoms with Gasteiger partial charge < -0.3 is 4.90 Å². The molecule has 0 spiro atoms. The van der Waals surface area contributed by atoms with Crippen LogP contribution in [0.15, 0.2) is 18.2 Å². The van der Waals surface area contributed by atoms with Crippen molar-refractivity contribution in [2.45, 2.75) is 38.3 Å². The van der Waals surface area contributed by atoms with Gasteiger partial charge in [0, 0.05) is 49.2 Å². The molecule has 5 heteroatoms. The van der Waals surface area contributed by atoms with Crippen LogP contribution in [0.4, 0.5) is 4.39 Å². The summed E-state index contributed by atoms with van der Waals surface area (Å²) < 4.78 is 13.8. The van der Waals surface area contributed by atoms with E-state index in [1.54, 1.807) is 12.1 Å². The molecule has 2 saturated heterocycles. The summed E-state index contributed by atoms with van der Waals surface area (Å²) in [4.78, 5) is 16.0. The number of benzene rings is 1. The third-order valence-corrected chi connectivity index (χ3v) is 4.91. The highest BCUT2D eigenvalue weighted by Gasteiger charge is 2.30. The summed E-state index contributed by atoms with van der Waals surface area (Å²) in [7, 11) is 0. The zero-order valence-electron chi connectivity index (χ0n) is 12.0. The molecule has 0 aromatic heterocycles. The molecule has 0 saturated carbocycles. The highest BCUT2D eigenvalue weighted by Crippen LogP contribution is 2.25. The van der Waals surface area contributed by atoms with E-state index >= 15 is 0 Å². The van der Waals surface area contributed by atoms with Gasteiger partial charge in [-0.15, -0.1) is 0 Å². The van der Waals surface area contributed by atoms with E-state index in [4.69, 9.17) is 11.6 Å². The van der Waals surface area contributed by atoms with Gasteiger partial charge in [0.05, 0.1) is 0 Å². The number of carbonyl (C=O) groups is 1. The molecule has 0 atom stereocenters. The quantitative estimate of drug-likeness (QED) is 0.856. The van der Waals surface area contributed by atoms with Crippen molar-refractivity contribution in [3.05, 3.63) is 34.6 Å². The van der Waals surface area contributed by atoms with E-state index in [0.29, 0.717) is 35.5 Å². The molecule has 114 valence electrons. The van der Waals surface area contributed by atoms with Crippen LogP contribution in [-0.4, -0.2) is 41.4 Å². The second-order valence-electron chi connectivity index (χ2n) is 5.90. The number of halogens is 2. The van der Waals surface area contributed by atoms with Crippen molar-refractivity contribution in [1.82, 2.24) is 9.80 Å². The first kappa shape index (κ1) is 14.8. The van der Waals surface area contributed by atoms with Crippen LogP contribution in [0, 0.1) is 5.82 Å². The molecule has 2 fully saturated rings. The first-order chi connectivity index (χ1) is 10.1. The maximum absolute atomic E-state index is 13.8. The van der Waals surface area contributed by atoms with Gasteiger partial charge in [0.25, 0.3) is 0 Å². The van der Waals surface area contributed by atoms with Crippen LogP contribution in [0.2, 0.25) is 5.02 Å². The van der Waals surface area contributed by atoms with Gasteiger partial charge in [-0.2, -0.15) is 0 Å². The molecular weight excluding hydrogens is 291 g/mol. The minimum absolute atomic E-state index is 0.237. The van der Waals surface area contributed by atoms with Crippen molar-refractivity contribution in [2.24, 2.45) is 0 Å². The summed E-state index contributed by atoms with van der Waals surface area (Å²) in [5, 5.41) is 0.492. The standard InChI is InChI=1S/C16H20ClFN2O/c17-14-3-1-4-15(18)13(14)11-19-9-6-12(7-10-19)20-8-2-5-16(20)21/h1,3-4,12H,2,5-11H2. The molecule has 0 radical (unpaired) electrons. The molecule has 1 amide bonds. The van der Waals surface area contributed by atoms with Crippen molar-refractivity contribution in [1.29, 1.82) is 0 Å². The summed E-state index contributed by atoms with van der Waals surface area (Å²) in [5.41, 5.74) is 0.579. The fraction of sp³-hybridized carbons (Fsp3) is 0.562. The lowest BCUT2D eigenvalue weighted by atomic mass is 10.0. The van der Waals surface area contributed by atoms with Crippen LogP contribution < -0.4 is 0 Å². The fourth-order valence-corrected chi connectivity index (χ4v) is 3.57. The zero-order chi connectivity index (χ0) is 14.8. The van der Waals surface area contributed by atoms with Gasteiger partial charge in [-0.25, -0.2) is 4.39 Å². The molecule has 21 heavy (non-hydrogen) atoms. The Morgan fingerprint density at radius 1 is 1.24 bits per heavy atom. The number of piperidine rings is 1. The number of amides is 1. The van der Waals surface area contributed by atoms with Crippen LogP contribution in [0.5, 0.6) is 0 Å². The van der Waals surface area contributed by atoms with E-state index in [-0.39, 0.29) is 5.82 Å². The molecule has 1 aromatic carbocycles. The lowest BCUT2D eigenvalue weighted by Gasteiger charge is -2.36. The molecule has 2 aliphatic rings. The molecule has 3 rings (SSSR count). The molecular formula is C16H20ClFN2O. The Morgan fingerprint density at radius 2 is 2.00 bits per heavy atom. The van der Waals surface area contributed by atoms with Gasteiger partial charge in [0.2, 0.25) is 5.91 Å². The number of rotatable bonds is 3. The van der Waals surface area contributed by atoms with Crippen LogP contribution in [0.3, 0.4) is 0 Å². The Labute approximate surface area is 129 Å². The highest BCUT2D eigenvalue weighted by atomic mass is 35.5. The van der Waals surface area contributed by atoms with E-state index in [1.807, 2.05) is 4.90 Å². The van der Waals surface area contributed by atoms with Gasteiger partial charge in [-0.3, -0.25) is 9.69 Å². The van der Waals surface area contributed by atoms with Gasteiger partial charge in [-0.1, -0.05) is 17.7 Å². The maximum Gasteiger partial charge on any atom is 0.222 e.